The molecule has 27 heavy (non-hydrogen) atoms. The highest BCUT2D eigenvalue weighted by atomic mass is 16.2. The molecule has 1 aromatic heterocycles. The lowest BCUT2D eigenvalue weighted by Crippen LogP contribution is -2.47. The first-order valence-corrected chi connectivity index (χ1v) is 9.63. The van der Waals surface area contributed by atoms with Gasteiger partial charge in [-0.1, -0.05) is 35.9 Å². The minimum Gasteiger partial charge on any atom is -0.355 e. The van der Waals surface area contributed by atoms with E-state index in [9.17, 15) is 9.59 Å². The summed E-state index contributed by atoms with van der Waals surface area (Å²) in [4.78, 5) is 31.8. The van der Waals surface area contributed by atoms with Gasteiger partial charge in [0.1, 0.15) is 0 Å². The fourth-order valence-corrected chi connectivity index (χ4v) is 4.45. The van der Waals surface area contributed by atoms with Crippen LogP contribution in [0.4, 0.5) is 0 Å². The molecule has 2 saturated heterocycles. The molecule has 1 N–H and O–H groups in total. The summed E-state index contributed by atoms with van der Waals surface area (Å²) in [5, 5.41) is 3.12. The Labute approximate surface area is 159 Å². The molecule has 0 unspecified atom stereocenters. The van der Waals surface area contributed by atoms with Gasteiger partial charge < -0.3 is 10.2 Å². The van der Waals surface area contributed by atoms with E-state index in [1.165, 1.54) is 0 Å². The molecule has 5 nitrogen and oxygen atoms in total. The first-order valence-electron chi connectivity index (χ1n) is 9.63. The van der Waals surface area contributed by atoms with Crippen molar-refractivity contribution in [3.05, 3.63) is 65.5 Å². The van der Waals surface area contributed by atoms with Gasteiger partial charge in [0.05, 0.1) is 5.41 Å². The first-order chi connectivity index (χ1) is 13.1. The van der Waals surface area contributed by atoms with E-state index < -0.39 is 5.41 Å². The quantitative estimate of drug-likeness (QED) is 0.887. The third-order valence-corrected chi connectivity index (χ3v) is 5.88. The number of rotatable bonds is 5. The monoisotopic (exact) mass is 363 g/mol. The maximum absolute atomic E-state index is 13.3. The Morgan fingerprint density at radius 3 is 2.93 bits per heavy atom. The van der Waals surface area contributed by atoms with E-state index in [1.807, 2.05) is 48.2 Å². The smallest absolute Gasteiger partial charge is 0.232 e. The van der Waals surface area contributed by atoms with E-state index in [1.54, 1.807) is 6.20 Å². The number of aryl methyl sites for hydroxylation is 1. The summed E-state index contributed by atoms with van der Waals surface area (Å²) in [7, 11) is 0. The Morgan fingerprint density at radius 2 is 2.19 bits per heavy atom. The highest BCUT2D eigenvalue weighted by molar-refractivity contribution is 5.91. The molecule has 0 bridgehead atoms. The molecule has 4 rings (SSSR count). The van der Waals surface area contributed by atoms with Gasteiger partial charge >= 0.3 is 0 Å². The molecule has 2 atom stereocenters. The molecule has 2 aromatic rings. The number of hydrogen-bond acceptors (Lipinski definition) is 3. The number of fused-ring (bicyclic) bond motifs is 1. The van der Waals surface area contributed by atoms with Crippen molar-refractivity contribution < 1.29 is 9.59 Å². The lowest BCUT2D eigenvalue weighted by Gasteiger charge is -2.29. The Balaban J connectivity index is 1.55. The van der Waals surface area contributed by atoms with Gasteiger partial charge in [0.2, 0.25) is 11.8 Å². The summed E-state index contributed by atoms with van der Waals surface area (Å²) < 4.78 is 0. The van der Waals surface area contributed by atoms with E-state index >= 15 is 0 Å². The summed E-state index contributed by atoms with van der Waals surface area (Å²) in [6.07, 6.45) is 4.63. The number of nitrogens with one attached hydrogen (secondary N) is 1. The minimum atomic E-state index is -0.656. The van der Waals surface area contributed by atoms with Crippen LogP contribution in [0.15, 0.2) is 48.7 Å². The van der Waals surface area contributed by atoms with Crippen LogP contribution in [0.25, 0.3) is 0 Å². The van der Waals surface area contributed by atoms with Crippen LogP contribution >= 0.6 is 0 Å². The number of amides is 2. The fraction of sp³-hybridized carbons (Fsp3) is 0.409. The number of carbonyl (C=O) groups is 2. The van der Waals surface area contributed by atoms with Gasteiger partial charge in [-0.2, -0.15) is 0 Å². The summed E-state index contributed by atoms with van der Waals surface area (Å²) in [5.74, 6) is 0.196. The third-order valence-electron chi connectivity index (χ3n) is 5.88. The van der Waals surface area contributed by atoms with Crippen LogP contribution in [0.5, 0.6) is 0 Å². The lowest BCUT2D eigenvalue weighted by atomic mass is 9.76. The van der Waals surface area contributed by atoms with Crippen molar-refractivity contribution in [3.8, 4) is 0 Å². The van der Waals surface area contributed by atoms with Crippen LogP contribution < -0.4 is 5.32 Å². The van der Waals surface area contributed by atoms with Crippen molar-refractivity contribution in [1.82, 2.24) is 15.2 Å². The minimum absolute atomic E-state index is 0.0197. The fourth-order valence-electron chi connectivity index (χ4n) is 4.45. The van der Waals surface area contributed by atoms with Crippen molar-refractivity contribution in [3.63, 3.8) is 0 Å². The molecule has 2 amide bonds. The summed E-state index contributed by atoms with van der Waals surface area (Å²) in [5.41, 5.74) is 2.45. The molecule has 2 aliphatic heterocycles. The van der Waals surface area contributed by atoms with E-state index in [0.717, 1.165) is 23.2 Å². The number of pyridine rings is 1. The Bertz CT molecular complexity index is 852. The first kappa shape index (κ1) is 17.7. The van der Waals surface area contributed by atoms with E-state index in [2.05, 4.69) is 16.4 Å². The van der Waals surface area contributed by atoms with E-state index in [-0.39, 0.29) is 17.9 Å². The van der Waals surface area contributed by atoms with Crippen LogP contribution in [0, 0.1) is 6.92 Å². The van der Waals surface area contributed by atoms with Gasteiger partial charge in [0, 0.05) is 43.9 Å². The number of benzene rings is 1. The number of carbonyl (C=O) groups excluding carboxylic acids is 2. The summed E-state index contributed by atoms with van der Waals surface area (Å²) in [6.45, 7) is 3.06. The van der Waals surface area contributed by atoms with E-state index in [4.69, 9.17) is 0 Å². The van der Waals surface area contributed by atoms with Crippen LogP contribution in [0.3, 0.4) is 0 Å². The highest BCUT2D eigenvalue weighted by Crippen LogP contribution is 2.43. The zero-order valence-corrected chi connectivity index (χ0v) is 15.6. The molecular weight excluding hydrogens is 338 g/mol. The molecular formula is C22H25N3O2. The van der Waals surface area contributed by atoms with Crippen LogP contribution in [-0.4, -0.2) is 40.8 Å². The Hall–Kier alpha value is -2.69. The average Bonchev–Trinajstić information content (AvgIpc) is 3.22. The van der Waals surface area contributed by atoms with Gasteiger partial charge in [0.15, 0.2) is 0 Å². The molecule has 140 valence electrons. The third kappa shape index (κ3) is 3.34. The maximum Gasteiger partial charge on any atom is 0.232 e. The second-order valence-corrected chi connectivity index (χ2v) is 7.70. The molecule has 0 radical (unpaired) electrons. The van der Waals surface area contributed by atoms with Crippen molar-refractivity contribution >= 4 is 11.8 Å². The van der Waals surface area contributed by atoms with Crippen LogP contribution in [0.1, 0.15) is 36.1 Å². The van der Waals surface area contributed by atoms with Crippen molar-refractivity contribution in [2.24, 2.45) is 0 Å². The van der Waals surface area contributed by atoms with E-state index in [0.29, 0.717) is 32.4 Å². The number of nitrogens with zero attached hydrogens (tertiary/aromatic N) is 2. The molecule has 0 spiro atoms. The molecule has 2 aliphatic rings. The molecule has 5 heteroatoms. The van der Waals surface area contributed by atoms with Gasteiger partial charge in [-0.15, -0.1) is 0 Å². The Kier molecular flexibility index (Phi) is 4.68. The lowest BCUT2D eigenvalue weighted by molar-refractivity contribution is -0.129. The second kappa shape index (κ2) is 7.14. The van der Waals surface area contributed by atoms with Gasteiger partial charge in [-0.25, -0.2) is 0 Å². The summed E-state index contributed by atoms with van der Waals surface area (Å²) >= 11 is 0. The van der Waals surface area contributed by atoms with Crippen LogP contribution in [0.2, 0.25) is 0 Å². The molecule has 3 heterocycles. The normalized spacial score (nSPS) is 24.1. The molecule has 0 saturated carbocycles. The van der Waals surface area contributed by atoms with Gasteiger partial charge in [0.25, 0.3) is 0 Å². The average molecular weight is 363 g/mol. The standard InChI is InChI=1S/C22H25N3O2/c1-16-5-4-6-17(13-16)22(14-19-8-9-20(26)25(19)15-22)21(27)24-12-10-18-7-2-3-11-23-18/h2-7,11,13,19H,8-10,12,14-15H2,1H3,(H,24,27)/t19-,22-/m0/s1. The predicted octanol–water partition coefficient (Wildman–Crippen LogP) is 2.38. The largest absolute Gasteiger partial charge is 0.355 e. The molecule has 2 fully saturated rings. The Morgan fingerprint density at radius 1 is 1.30 bits per heavy atom. The molecule has 1 aromatic carbocycles. The second-order valence-electron chi connectivity index (χ2n) is 7.70. The van der Waals surface area contributed by atoms with Crippen molar-refractivity contribution in [1.29, 1.82) is 0 Å². The number of hydrogen-bond donors (Lipinski definition) is 1. The van der Waals surface area contributed by atoms with Gasteiger partial charge in [-0.05, 0) is 37.5 Å². The van der Waals surface area contributed by atoms with Crippen molar-refractivity contribution in [2.45, 2.75) is 44.1 Å². The van der Waals surface area contributed by atoms with Crippen LogP contribution in [-0.2, 0) is 21.4 Å². The zero-order chi connectivity index (χ0) is 18.9. The van der Waals surface area contributed by atoms with Gasteiger partial charge in [-0.3, -0.25) is 14.6 Å². The van der Waals surface area contributed by atoms with Crippen molar-refractivity contribution in [2.75, 3.05) is 13.1 Å². The SMILES string of the molecule is Cc1cccc([C@]2(C(=O)NCCc3ccccn3)C[C@@H]3CCC(=O)N3C2)c1. The molecule has 0 aliphatic carbocycles. The summed E-state index contributed by atoms with van der Waals surface area (Å²) in [6, 6.07) is 14.1. The zero-order valence-electron chi connectivity index (χ0n) is 15.6. The predicted molar refractivity (Wildman–Crippen MR) is 103 cm³/mol. The number of aromatic nitrogens is 1. The topological polar surface area (TPSA) is 62.3 Å². The highest BCUT2D eigenvalue weighted by Gasteiger charge is 2.53. The maximum atomic E-state index is 13.3.